The summed E-state index contributed by atoms with van der Waals surface area (Å²) < 4.78 is 5.20. The van der Waals surface area contributed by atoms with E-state index < -0.39 is 0 Å². The number of aliphatic imine (C=N–C) groups is 1. The summed E-state index contributed by atoms with van der Waals surface area (Å²) in [7, 11) is 3.38. The first-order valence-electron chi connectivity index (χ1n) is 10.0. The molecule has 2 aromatic rings. The van der Waals surface area contributed by atoms with Gasteiger partial charge in [0.05, 0.1) is 13.7 Å². The summed E-state index contributed by atoms with van der Waals surface area (Å²) in [6.45, 7) is 3.78. The van der Waals surface area contributed by atoms with Crippen molar-refractivity contribution in [2.45, 2.75) is 25.7 Å². The van der Waals surface area contributed by atoms with Gasteiger partial charge in [0.25, 0.3) is 0 Å². The normalized spacial score (nSPS) is 11.8. The fraction of sp³-hybridized carbons (Fsp3) is 0.391. The van der Waals surface area contributed by atoms with Gasteiger partial charge < -0.3 is 20.7 Å². The zero-order valence-electron chi connectivity index (χ0n) is 18.0. The molecule has 0 aromatic heterocycles. The van der Waals surface area contributed by atoms with E-state index in [1.807, 2.05) is 30.3 Å². The number of halogens is 1. The Morgan fingerprint density at radius 3 is 2.33 bits per heavy atom. The number of methoxy groups -OCH3 is 1. The summed E-state index contributed by atoms with van der Waals surface area (Å²) in [5.74, 6) is 1.86. The van der Waals surface area contributed by atoms with Crippen molar-refractivity contribution in [3.8, 4) is 5.75 Å². The van der Waals surface area contributed by atoms with Gasteiger partial charge in [-0.2, -0.15) is 0 Å². The molecule has 0 saturated heterocycles. The zero-order valence-corrected chi connectivity index (χ0v) is 20.3. The Kier molecular flexibility index (Phi) is 12.6. The molecule has 0 aliphatic rings. The van der Waals surface area contributed by atoms with Gasteiger partial charge in [0, 0.05) is 20.1 Å². The lowest BCUT2D eigenvalue weighted by atomic mass is 9.98. The molecule has 164 valence electrons. The Labute approximate surface area is 196 Å². The highest BCUT2D eigenvalue weighted by Crippen LogP contribution is 2.21. The third-order valence-corrected chi connectivity index (χ3v) is 4.77. The Bertz CT molecular complexity index is 767. The largest absolute Gasteiger partial charge is 0.497 e. The second-order valence-corrected chi connectivity index (χ2v) is 6.90. The standard InChI is InChI=1S/C23H32N4O2.HI/c1-18(20-9-11-21(29-3)12-10-20)13-15-26-23(24-2)27-17-22(28)25-16-14-19-7-5-4-6-8-19;/h4-12,18H,13-17H2,1-3H3,(H,25,28)(H2,24,26,27);1H. The maximum atomic E-state index is 12.0. The lowest BCUT2D eigenvalue weighted by Crippen LogP contribution is -2.43. The molecule has 0 saturated carbocycles. The van der Waals surface area contributed by atoms with E-state index in [9.17, 15) is 4.79 Å². The minimum Gasteiger partial charge on any atom is -0.497 e. The Hall–Kier alpha value is -2.29. The number of amides is 1. The third-order valence-electron chi connectivity index (χ3n) is 4.77. The zero-order chi connectivity index (χ0) is 20.9. The lowest BCUT2D eigenvalue weighted by molar-refractivity contribution is -0.119. The number of benzene rings is 2. The quantitative estimate of drug-likeness (QED) is 0.253. The molecule has 2 aromatic carbocycles. The third kappa shape index (κ3) is 9.47. The number of hydrogen-bond acceptors (Lipinski definition) is 3. The van der Waals surface area contributed by atoms with Gasteiger partial charge in [0.15, 0.2) is 5.96 Å². The average Bonchev–Trinajstić information content (AvgIpc) is 2.76. The van der Waals surface area contributed by atoms with Crippen molar-refractivity contribution in [3.63, 3.8) is 0 Å². The lowest BCUT2D eigenvalue weighted by Gasteiger charge is -2.15. The van der Waals surface area contributed by atoms with E-state index in [-0.39, 0.29) is 36.4 Å². The Morgan fingerprint density at radius 2 is 1.70 bits per heavy atom. The van der Waals surface area contributed by atoms with Gasteiger partial charge in [0.1, 0.15) is 5.75 Å². The van der Waals surface area contributed by atoms with Gasteiger partial charge in [-0.3, -0.25) is 9.79 Å². The van der Waals surface area contributed by atoms with Crippen LogP contribution in [-0.2, 0) is 11.2 Å². The molecule has 3 N–H and O–H groups in total. The van der Waals surface area contributed by atoms with Crippen LogP contribution < -0.4 is 20.7 Å². The fourth-order valence-electron chi connectivity index (χ4n) is 2.94. The number of carbonyl (C=O) groups is 1. The fourth-order valence-corrected chi connectivity index (χ4v) is 2.94. The monoisotopic (exact) mass is 524 g/mol. The maximum absolute atomic E-state index is 12.0. The predicted molar refractivity (Wildman–Crippen MR) is 134 cm³/mol. The van der Waals surface area contributed by atoms with E-state index in [1.165, 1.54) is 11.1 Å². The van der Waals surface area contributed by atoms with Crippen LogP contribution in [0.1, 0.15) is 30.4 Å². The highest BCUT2D eigenvalue weighted by atomic mass is 127. The second kappa shape index (κ2) is 14.7. The van der Waals surface area contributed by atoms with Crippen molar-refractivity contribution >= 4 is 35.8 Å². The summed E-state index contributed by atoms with van der Waals surface area (Å²) in [4.78, 5) is 16.2. The van der Waals surface area contributed by atoms with Crippen LogP contribution in [0, 0.1) is 0 Å². The van der Waals surface area contributed by atoms with Gasteiger partial charge in [-0.15, -0.1) is 24.0 Å². The molecule has 1 unspecified atom stereocenters. The van der Waals surface area contributed by atoms with Crippen molar-refractivity contribution in [3.05, 3.63) is 65.7 Å². The van der Waals surface area contributed by atoms with E-state index >= 15 is 0 Å². The molecule has 0 aliphatic heterocycles. The van der Waals surface area contributed by atoms with Gasteiger partial charge in [-0.25, -0.2) is 0 Å². The van der Waals surface area contributed by atoms with Crippen molar-refractivity contribution in [2.75, 3.05) is 33.8 Å². The molecule has 0 bridgehead atoms. The number of nitrogens with zero attached hydrogens (tertiary/aromatic N) is 1. The second-order valence-electron chi connectivity index (χ2n) is 6.90. The van der Waals surface area contributed by atoms with Crippen LogP contribution in [0.4, 0.5) is 0 Å². The summed E-state index contributed by atoms with van der Waals surface area (Å²) in [5, 5.41) is 9.24. The molecule has 1 atom stereocenters. The Morgan fingerprint density at radius 1 is 1.00 bits per heavy atom. The molecular formula is C23H33IN4O2. The van der Waals surface area contributed by atoms with Crippen molar-refractivity contribution in [1.82, 2.24) is 16.0 Å². The SMILES string of the molecule is CN=C(NCCC(C)c1ccc(OC)cc1)NCC(=O)NCCc1ccccc1.I. The highest BCUT2D eigenvalue weighted by molar-refractivity contribution is 14.0. The topological polar surface area (TPSA) is 74.8 Å². The smallest absolute Gasteiger partial charge is 0.239 e. The molecule has 0 fully saturated rings. The number of carbonyl (C=O) groups excluding carboxylic acids is 1. The van der Waals surface area contributed by atoms with E-state index in [4.69, 9.17) is 4.74 Å². The van der Waals surface area contributed by atoms with Crippen LogP contribution in [-0.4, -0.2) is 45.7 Å². The minimum atomic E-state index is -0.0458. The first-order valence-corrected chi connectivity index (χ1v) is 10.0. The van der Waals surface area contributed by atoms with Crippen LogP contribution >= 0.6 is 24.0 Å². The summed E-state index contributed by atoms with van der Waals surface area (Å²) in [5.41, 5.74) is 2.48. The number of rotatable bonds is 10. The number of ether oxygens (including phenoxy) is 1. The van der Waals surface area contributed by atoms with Crippen LogP contribution in [0.15, 0.2) is 59.6 Å². The molecule has 0 heterocycles. The molecule has 0 aliphatic carbocycles. The predicted octanol–water partition coefficient (Wildman–Crippen LogP) is 3.33. The molecule has 0 radical (unpaired) electrons. The van der Waals surface area contributed by atoms with Crippen molar-refractivity contribution in [2.24, 2.45) is 4.99 Å². The van der Waals surface area contributed by atoms with Gasteiger partial charge in [-0.1, -0.05) is 49.4 Å². The number of hydrogen-bond donors (Lipinski definition) is 3. The first-order chi connectivity index (χ1) is 14.1. The van der Waals surface area contributed by atoms with Gasteiger partial charge in [0.2, 0.25) is 5.91 Å². The summed E-state index contributed by atoms with van der Waals surface area (Å²) in [6, 6.07) is 18.3. The van der Waals surface area contributed by atoms with Crippen LogP contribution in [0.3, 0.4) is 0 Å². The highest BCUT2D eigenvalue weighted by Gasteiger charge is 2.07. The molecule has 1 amide bonds. The molecule has 7 heteroatoms. The van der Waals surface area contributed by atoms with E-state index in [1.54, 1.807) is 14.2 Å². The van der Waals surface area contributed by atoms with Crippen LogP contribution in [0.5, 0.6) is 5.75 Å². The number of nitrogens with one attached hydrogen (secondary N) is 3. The van der Waals surface area contributed by atoms with Crippen molar-refractivity contribution in [1.29, 1.82) is 0 Å². The van der Waals surface area contributed by atoms with E-state index in [0.29, 0.717) is 18.4 Å². The molecule has 30 heavy (non-hydrogen) atoms. The Balaban J connectivity index is 0.00000450. The van der Waals surface area contributed by atoms with E-state index in [0.717, 1.165) is 25.1 Å². The summed E-state index contributed by atoms with van der Waals surface area (Å²) in [6.07, 6.45) is 1.78. The summed E-state index contributed by atoms with van der Waals surface area (Å²) >= 11 is 0. The van der Waals surface area contributed by atoms with Gasteiger partial charge in [-0.05, 0) is 42.0 Å². The van der Waals surface area contributed by atoms with Crippen LogP contribution in [0.2, 0.25) is 0 Å². The van der Waals surface area contributed by atoms with Crippen molar-refractivity contribution < 1.29 is 9.53 Å². The first kappa shape index (κ1) is 25.7. The molecule has 2 rings (SSSR count). The molecular weight excluding hydrogens is 491 g/mol. The molecule has 0 spiro atoms. The van der Waals surface area contributed by atoms with Crippen LogP contribution in [0.25, 0.3) is 0 Å². The average molecular weight is 524 g/mol. The maximum Gasteiger partial charge on any atom is 0.239 e. The molecule has 6 nitrogen and oxygen atoms in total. The minimum absolute atomic E-state index is 0. The number of guanidine groups is 1. The van der Waals surface area contributed by atoms with E-state index in [2.05, 4.69) is 52.1 Å². The van der Waals surface area contributed by atoms with Gasteiger partial charge >= 0.3 is 0 Å².